The summed E-state index contributed by atoms with van der Waals surface area (Å²) in [6.07, 6.45) is -0.152. The van der Waals surface area contributed by atoms with Gasteiger partial charge >= 0.3 is 5.97 Å². The fraction of sp³-hybridized carbons (Fsp3) is 0.300. The first-order chi connectivity index (χ1) is 7.04. The molecule has 0 heterocycles. The summed E-state index contributed by atoms with van der Waals surface area (Å²) in [6, 6.07) is 2.29. The summed E-state index contributed by atoms with van der Waals surface area (Å²) >= 11 is 3.07. The van der Waals surface area contributed by atoms with E-state index in [1.165, 1.54) is 6.07 Å². The van der Waals surface area contributed by atoms with Crippen molar-refractivity contribution in [1.29, 1.82) is 0 Å². The zero-order valence-corrected chi connectivity index (χ0v) is 9.67. The van der Waals surface area contributed by atoms with E-state index in [1.54, 1.807) is 6.92 Å². The van der Waals surface area contributed by atoms with Crippen molar-refractivity contribution in [1.82, 2.24) is 0 Å². The lowest BCUT2D eigenvalue weighted by Gasteiger charge is -2.06. The molecular formula is C10H10BrFO3. The van der Waals surface area contributed by atoms with Crippen LogP contribution >= 0.6 is 15.9 Å². The predicted molar refractivity (Wildman–Crippen MR) is 56.1 cm³/mol. The molecule has 1 rings (SSSR count). The van der Waals surface area contributed by atoms with Crippen LogP contribution in [0.2, 0.25) is 0 Å². The average molecular weight is 277 g/mol. The lowest BCUT2D eigenvalue weighted by Crippen LogP contribution is -2.09. The van der Waals surface area contributed by atoms with Gasteiger partial charge in [0, 0.05) is 16.1 Å². The molecular weight excluding hydrogens is 267 g/mol. The van der Waals surface area contributed by atoms with Gasteiger partial charge in [0.05, 0.1) is 13.0 Å². The van der Waals surface area contributed by atoms with Crippen molar-refractivity contribution in [3.8, 4) is 5.75 Å². The second-order valence-corrected chi connectivity index (χ2v) is 3.72. The van der Waals surface area contributed by atoms with E-state index >= 15 is 0 Å². The van der Waals surface area contributed by atoms with Crippen molar-refractivity contribution in [3.63, 3.8) is 0 Å². The van der Waals surface area contributed by atoms with Gasteiger partial charge in [0.15, 0.2) is 0 Å². The van der Waals surface area contributed by atoms with Gasteiger partial charge in [-0.15, -0.1) is 0 Å². The molecule has 0 aliphatic rings. The molecule has 0 unspecified atom stereocenters. The van der Waals surface area contributed by atoms with Crippen molar-refractivity contribution in [2.75, 3.05) is 6.61 Å². The van der Waals surface area contributed by atoms with E-state index in [0.29, 0.717) is 4.47 Å². The molecule has 0 aromatic heterocycles. The minimum absolute atomic E-state index is 0.152. The van der Waals surface area contributed by atoms with Crippen LogP contribution in [0.3, 0.4) is 0 Å². The van der Waals surface area contributed by atoms with Crippen LogP contribution in [0.5, 0.6) is 5.75 Å². The average Bonchev–Trinajstić information content (AvgIpc) is 2.11. The number of benzene rings is 1. The molecule has 0 atom stereocenters. The lowest BCUT2D eigenvalue weighted by atomic mass is 10.1. The molecule has 0 aliphatic carbocycles. The Bertz CT molecular complexity index is 356. The van der Waals surface area contributed by atoms with Gasteiger partial charge in [-0.3, -0.25) is 4.79 Å². The Kier molecular flexibility index (Phi) is 4.08. The van der Waals surface area contributed by atoms with Crippen molar-refractivity contribution in [2.45, 2.75) is 13.3 Å². The highest BCUT2D eigenvalue weighted by Gasteiger charge is 2.13. The zero-order chi connectivity index (χ0) is 11.4. The molecule has 0 fully saturated rings. The fourth-order valence-corrected chi connectivity index (χ4v) is 1.68. The lowest BCUT2D eigenvalue weighted by molar-refractivity contribution is -0.142. The van der Waals surface area contributed by atoms with E-state index in [0.717, 1.165) is 6.07 Å². The van der Waals surface area contributed by atoms with Gasteiger partial charge in [-0.1, -0.05) is 15.9 Å². The maximum atomic E-state index is 13.3. The van der Waals surface area contributed by atoms with Crippen LogP contribution in [-0.2, 0) is 16.0 Å². The quantitative estimate of drug-likeness (QED) is 0.863. The first-order valence-corrected chi connectivity index (χ1v) is 5.16. The Morgan fingerprint density at radius 2 is 2.27 bits per heavy atom. The number of hydrogen-bond donors (Lipinski definition) is 1. The van der Waals surface area contributed by atoms with Crippen LogP contribution in [0.4, 0.5) is 4.39 Å². The fourth-order valence-electron chi connectivity index (χ4n) is 1.11. The Balaban J connectivity index is 2.90. The highest BCUT2D eigenvalue weighted by atomic mass is 79.9. The van der Waals surface area contributed by atoms with E-state index in [4.69, 9.17) is 9.84 Å². The Morgan fingerprint density at radius 3 is 2.80 bits per heavy atom. The highest BCUT2D eigenvalue weighted by molar-refractivity contribution is 9.10. The maximum absolute atomic E-state index is 13.3. The minimum Gasteiger partial charge on any atom is -0.508 e. The van der Waals surface area contributed by atoms with Crippen LogP contribution in [0.25, 0.3) is 0 Å². The van der Waals surface area contributed by atoms with E-state index in [2.05, 4.69) is 15.9 Å². The van der Waals surface area contributed by atoms with Gasteiger partial charge in [0.1, 0.15) is 11.6 Å². The van der Waals surface area contributed by atoms with E-state index in [1.807, 2.05) is 0 Å². The van der Waals surface area contributed by atoms with Crippen LogP contribution < -0.4 is 0 Å². The van der Waals surface area contributed by atoms with Crippen LogP contribution in [-0.4, -0.2) is 17.7 Å². The summed E-state index contributed by atoms with van der Waals surface area (Å²) in [5.41, 5.74) is 0.186. The molecule has 1 aromatic rings. The number of phenols is 1. The van der Waals surface area contributed by atoms with E-state index < -0.39 is 11.8 Å². The number of carbonyl (C=O) groups excluding carboxylic acids is 1. The van der Waals surface area contributed by atoms with Crippen molar-refractivity contribution < 1.29 is 19.0 Å². The maximum Gasteiger partial charge on any atom is 0.310 e. The summed E-state index contributed by atoms with van der Waals surface area (Å²) in [5.74, 6) is -1.32. The zero-order valence-electron chi connectivity index (χ0n) is 8.09. The number of rotatable bonds is 3. The summed E-state index contributed by atoms with van der Waals surface area (Å²) in [4.78, 5) is 11.1. The van der Waals surface area contributed by atoms with Gasteiger partial charge in [-0.25, -0.2) is 4.39 Å². The third kappa shape index (κ3) is 3.20. The number of aromatic hydroxyl groups is 1. The van der Waals surface area contributed by atoms with Crippen molar-refractivity contribution >= 4 is 21.9 Å². The highest BCUT2D eigenvalue weighted by Crippen LogP contribution is 2.26. The van der Waals surface area contributed by atoms with Crippen LogP contribution in [0.1, 0.15) is 12.5 Å². The molecule has 0 aliphatic heterocycles. The molecule has 5 heteroatoms. The van der Waals surface area contributed by atoms with Gasteiger partial charge in [0.2, 0.25) is 0 Å². The monoisotopic (exact) mass is 276 g/mol. The third-order valence-electron chi connectivity index (χ3n) is 1.75. The molecule has 1 aromatic carbocycles. The number of halogens is 2. The number of hydrogen-bond acceptors (Lipinski definition) is 3. The first-order valence-electron chi connectivity index (χ1n) is 4.37. The molecule has 0 saturated heterocycles. The van der Waals surface area contributed by atoms with Crippen molar-refractivity contribution in [2.24, 2.45) is 0 Å². The van der Waals surface area contributed by atoms with Gasteiger partial charge < -0.3 is 9.84 Å². The SMILES string of the molecule is CCOC(=O)Cc1c(F)cc(O)cc1Br. The number of phenolic OH excluding ortho intramolecular Hbond substituents is 1. The van der Waals surface area contributed by atoms with E-state index in [-0.39, 0.29) is 24.3 Å². The van der Waals surface area contributed by atoms with Gasteiger partial charge in [0.25, 0.3) is 0 Å². The number of ether oxygens (including phenoxy) is 1. The summed E-state index contributed by atoms with van der Waals surface area (Å²) < 4.78 is 18.4. The normalized spacial score (nSPS) is 10.1. The second kappa shape index (κ2) is 5.11. The predicted octanol–water partition coefficient (Wildman–Crippen LogP) is 2.40. The van der Waals surface area contributed by atoms with Crippen molar-refractivity contribution in [3.05, 3.63) is 28.0 Å². The van der Waals surface area contributed by atoms with Gasteiger partial charge in [-0.2, -0.15) is 0 Å². The molecule has 0 saturated carbocycles. The van der Waals surface area contributed by atoms with Crippen LogP contribution in [0, 0.1) is 5.82 Å². The Labute approximate surface area is 95.0 Å². The number of carbonyl (C=O) groups is 1. The summed E-state index contributed by atoms with van der Waals surface area (Å²) in [6.45, 7) is 1.94. The Hall–Kier alpha value is -1.10. The Morgan fingerprint density at radius 1 is 1.60 bits per heavy atom. The molecule has 15 heavy (non-hydrogen) atoms. The smallest absolute Gasteiger partial charge is 0.310 e. The largest absolute Gasteiger partial charge is 0.508 e. The topological polar surface area (TPSA) is 46.5 Å². The molecule has 0 spiro atoms. The minimum atomic E-state index is -0.630. The molecule has 3 nitrogen and oxygen atoms in total. The second-order valence-electron chi connectivity index (χ2n) is 2.87. The summed E-state index contributed by atoms with van der Waals surface area (Å²) in [7, 11) is 0. The molecule has 0 radical (unpaired) electrons. The van der Waals surface area contributed by atoms with Crippen LogP contribution in [0.15, 0.2) is 16.6 Å². The summed E-state index contributed by atoms with van der Waals surface area (Å²) in [5, 5.41) is 9.07. The molecule has 0 bridgehead atoms. The van der Waals surface area contributed by atoms with E-state index in [9.17, 15) is 9.18 Å². The number of esters is 1. The third-order valence-corrected chi connectivity index (χ3v) is 2.46. The standard InChI is InChI=1S/C10H10BrFO3/c1-2-15-10(14)5-7-8(11)3-6(13)4-9(7)12/h3-4,13H,2,5H2,1H3. The molecule has 0 amide bonds. The first kappa shape index (κ1) is 12.0. The molecule has 1 N–H and O–H groups in total. The molecule has 82 valence electrons. The van der Waals surface area contributed by atoms with Gasteiger partial charge in [-0.05, 0) is 13.0 Å².